The number of hydrogen-bond acceptors (Lipinski definition) is 5. The van der Waals surface area contributed by atoms with Gasteiger partial charge in [-0.1, -0.05) is 72.3 Å². The number of amides is 1. The topological polar surface area (TPSA) is 72.9 Å². The summed E-state index contributed by atoms with van der Waals surface area (Å²) in [7, 11) is -4.21. The molecule has 0 saturated carbocycles. The largest absolute Gasteiger partial charge is 0.489 e. The monoisotopic (exact) mass is 507 g/mol. The van der Waals surface area contributed by atoms with Crippen molar-refractivity contribution < 1.29 is 22.7 Å². The van der Waals surface area contributed by atoms with Gasteiger partial charge in [0.2, 0.25) is 0 Å². The molecule has 0 aromatic heterocycles. The molecule has 0 unspecified atom stereocenters. The van der Waals surface area contributed by atoms with Crippen molar-refractivity contribution in [1.29, 1.82) is 0 Å². The van der Waals surface area contributed by atoms with E-state index in [9.17, 15) is 13.2 Å². The Hall–Kier alpha value is -3.81. The van der Waals surface area contributed by atoms with E-state index in [2.05, 4.69) is 0 Å². The van der Waals surface area contributed by atoms with Gasteiger partial charge in [0.15, 0.2) is 0 Å². The lowest BCUT2D eigenvalue weighted by atomic mass is 10.2. The molecular weight excluding hydrogens is 486 g/mol. The molecule has 8 heteroatoms. The number of benzene rings is 4. The minimum Gasteiger partial charge on any atom is -0.489 e. The lowest BCUT2D eigenvalue weighted by Gasteiger charge is -2.22. The van der Waals surface area contributed by atoms with E-state index < -0.39 is 16.1 Å². The molecule has 35 heavy (non-hydrogen) atoms. The molecule has 6 nitrogen and oxygen atoms in total. The molecule has 0 heterocycles. The van der Waals surface area contributed by atoms with Gasteiger partial charge < -0.3 is 9.47 Å². The quantitative estimate of drug-likeness (QED) is 0.279. The summed E-state index contributed by atoms with van der Waals surface area (Å²) in [5.41, 5.74) is 1.65. The van der Waals surface area contributed by atoms with Gasteiger partial charge in [-0.15, -0.1) is 0 Å². The molecule has 0 atom stereocenters. The van der Waals surface area contributed by atoms with Crippen molar-refractivity contribution in [3.63, 3.8) is 0 Å². The summed E-state index contributed by atoms with van der Waals surface area (Å²) in [6, 6.07) is 30.5. The molecule has 4 rings (SSSR count). The lowest BCUT2D eigenvalue weighted by molar-refractivity contribution is 0.177. The zero-order chi connectivity index (χ0) is 24.7. The lowest BCUT2D eigenvalue weighted by Crippen LogP contribution is -2.38. The predicted molar refractivity (Wildman–Crippen MR) is 134 cm³/mol. The number of nitrogens with zero attached hydrogens (tertiary/aromatic N) is 1. The first kappa shape index (κ1) is 24.3. The van der Waals surface area contributed by atoms with E-state index in [1.165, 1.54) is 24.3 Å². The zero-order valence-electron chi connectivity index (χ0n) is 18.6. The van der Waals surface area contributed by atoms with Crippen LogP contribution in [0.1, 0.15) is 11.1 Å². The summed E-state index contributed by atoms with van der Waals surface area (Å²) in [4.78, 5) is 13.0. The van der Waals surface area contributed by atoms with Gasteiger partial charge in [-0.2, -0.15) is 4.31 Å². The van der Waals surface area contributed by atoms with E-state index in [4.69, 9.17) is 21.1 Å². The molecule has 0 fully saturated rings. The van der Waals surface area contributed by atoms with Gasteiger partial charge in [0, 0.05) is 5.02 Å². The van der Waals surface area contributed by atoms with Crippen LogP contribution < -0.4 is 9.47 Å². The maximum atomic E-state index is 13.3. The summed E-state index contributed by atoms with van der Waals surface area (Å²) in [5, 5.41) is 0.385. The summed E-state index contributed by atoms with van der Waals surface area (Å²) in [6.07, 6.45) is -1.03. The SMILES string of the molecule is O=C(Oc1ccc(OCc2ccccc2)cc1)N(Cc1ccccc1)S(=O)(=O)c1ccc(Cl)cc1. The second kappa shape index (κ2) is 11.1. The maximum absolute atomic E-state index is 13.3. The van der Waals surface area contributed by atoms with Gasteiger partial charge in [0.05, 0.1) is 11.4 Å². The molecule has 0 aliphatic heterocycles. The highest BCUT2D eigenvalue weighted by Crippen LogP contribution is 2.24. The minimum atomic E-state index is -4.21. The van der Waals surface area contributed by atoms with Crippen molar-refractivity contribution in [3.8, 4) is 11.5 Å². The highest BCUT2D eigenvalue weighted by molar-refractivity contribution is 7.89. The summed E-state index contributed by atoms with van der Waals surface area (Å²) in [6.45, 7) is 0.201. The molecule has 0 N–H and O–H groups in total. The molecule has 4 aromatic carbocycles. The number of carbonyl (C=O) groups excluding carboxylic acids is 1. The van der Waals surface area contributed by atoms with Crippen LogP contribution in [-0.4, -0.2) is 18.8 Å². The van der Waals surface area contributed by atoms with E-state index in [1.54, 1.807) is 54.6 Å². The van der Waals surface area contributed by atoms with Crippen molar-refractivity contribution in [2.24, 2.45) is 0 Å². The normalized spacial score (nSPS) is 11.0. The molecule has 0 bridgehead atoms. The van der Waals surface area contributed by atoms with Crippen LogP contribution in [0.4, 0.5) is 4.79 Å². The van der Waals surface area contributed by atoms with Crippen LogP contribution in [0, 0.1) is 0 Å². The number of rotatable bonds is 8. The highest BCUT2D eigenvalue weighted by Gasteiger charge is 2.31. The Balaban J connectivity index is 1.51. The number of hydrogen-bond donors (Lipinski definition) is 0. The fourth-order valence-corrected chi connectivity index (χ4v) is 4.64. The van der Waals surface area contributed by atoms with Gasteiger partial charge in [0.1, 0.15) is 18.1 Å². The van der Waals surface area contributed by atoms with E-state index in [1.807, 2.05) is 30.3 Å². The summed E-state index contributed by atoms with van der Waals surface area (Å²) >= 11 is 5.90. The molecule has 0 aliphatic rings. The second-order valence-corrected chi connectivity index (χ2v) is 9.86. The molecule has 4 aromatic rings. The molecule has 178 valence electrons. The fourth-order valence-electron chi connectivity index (χ4n) is 3.23. The number of ether oxygens (including phenoxy) is 2. The molecule has 0 saturated heterocycles. The van der Waals surface area contributed by atoms with E-state index in [0.717, 1.165) is 5.56 Å². The average molecular weight is 508 g/mol. The third-order valence-corrected chi connectivity index (χ3v) is 7.03. The van der Waals surface area contributed by atoms with Gasteiger partial charge in [-0.25, -0.2) is 13.2 Å². The zero-order valence-corrected chi connectivity index (χ0v) is 20.2. The van der Waals surface area contributed by atoms with Gasteiger partial charge >= 0.3 is 6.09 Å². The standard InChI is InChI=1S/C27H22ClNO5S/c28-23-11-17-26(18-12-23)35(31,32)29(19-21-7-3-1-4-8-21)27(30)34-25-15-13-24(14-16-25)33-20-22-9-5-2-6-10-22/h1-18H,19-20H2. The first-order valence-electron chi connectivity index (χ1n) is 10.7. The Kier molecular flexibility index (Phi) is 7.70. The van der Waals surface area contributed by atoms with Crippen LogP contribution in [0.2, 0.25) is 5.02 Å². The summed E-state index contributed by atoms with van der Waals surface area (Å²) in [5.74, 6) is 0.773. The minimum absolute atomic E-state index is 0.0700. The van der Waals surface area contributed by atoms with Crippen LogP contribution in [0.15, 0.2) is 114 Å². The first-order valence-corrected chi connectivity index (χ1v) is 12.5. The Morgan fingerprint density at radius 2 is 1.26 bits per heavy atom. The van der Waals surface area contributed by atoms with Crippen LogP contribution in [0.25, 0.3) is 0 Å². The van der Waals surface area contributed by atoms with E-state index >= 15 is 0 Å². The Bertz CT molecular complexity index is 1360. The Morgan fingerprint density at radius 3 is 1.86 bits per heavy atom. The van der Waals surface area contributed by atoms with Crippen LogP contribution in [-0.2, 0) is 23.2 Å². The van der Waals surface area contributed by atoms with Crippen molar-refractivity contribution in [2.45, 2.75) is 18.0 Å². The Labute approximate surface area is 209 Å². The first-order chi connectivity index (χ1) is 16.9. The van der Waals surface area contributed by atoms with Gasteiger partial charge in [-0.05, 0) is 59.7 Å². The van der Waals surface area contributed by atoms with Gasteiger partial charge in [-0.3, -0.25) is 0 Å². The second-order valence-electron chi connectivity index (χ2n) is 7.56. The molecule has 1 amide bonds. The molecule has 0 radical (unpaired) electrons. The van der Waals surface area contributed by atoms with Crippen molar-refractivity contribution in [2.75, 3.05) is 0 Å². The van der Waals surface area contributed by atoms with Crippen molar-refractivity contribution in [1.82, 2.24) is 4.31 Å². The van der Waals surface area contributed by atoms with E-state index in [-0.39, 0.29) is 17.2 Å². The Morgan fingerprint density at radius 1 is 0.714 bits per heavy atom. The van der Waals surface area contributed by atoms with Crippen molar-refractivity contribution >= 4 is 27.7 Å². The van der Waals surface area contributed by atoms with Crippen molar-refractivity contribution in [3.05, 3.63) is 125 Å². The maximum Gasteiger partial charge on any atom is 0.429 e. The molecule has 0 aliphatic carbocycles. The van der Waals surface area contributed by atoms with Crippen LogP contribution in [0.3, 0.4) is 0 Å². The van der Waals surface area contributed by atoms with Gasteiger partial charge in [0.25, 0.3) is 10.0 Å². The van der Waals surface area contributed by atoms with Crippen LogP contribution >= 0.6 is 11.6 Å². The van der Waals surface area contributed by atoms with Crippen LogP contribution in [0.5, 0.6) is 11.5 Å². The van der Waals surface area contributed by atoms with E-state index in [0.29, 0.717) is 27.2 Å². The number of carbonyl (C=O) groups is 1. The average Bonchev–Trinajstić information content (AvgIpc) is 2.88. The third-order valence-electron chi connectivity index (χ3n) is 5.05. The molecular formula is C27H22ClNO5S. The molecule has 0 spiro atoms. The number of sulfonamides is 1. The summed E-state index contributed by atoms with van der Waals surface area (Å²) < 4.78 is 38.5. The fraction of sp³-hybridized carbons (Fsp3) is 0.0741. The highest BCUT2D eigenvalue weighted by atomic mass is 35.5. The third kappa shape index (κ3) is 6.41. The smallest absolute Gasteiger partial charge is 0.429 e. The predicted octanol–water partition coefficient (Wildman–Crippen LogP) is 6.31. The number of halogens is 1.